The van der Waals surface area contributed by atoms with Crippen LogP contribution in [0.4, 0.5) is 0 Å². The van der Waals surface area contributed by atoms with Gasteiger partial charge in [0.05, 0.1) is 26.4 Å². The molecule has 3 N–H and O–H groups in total. The van der Waals surface area contributed by atoms with Gasteiger partial charge in [0.15, 0.2) is 12.2 Å². The third-order valence-electron chi connectivity index (χ3n) is 15.9. The van der Waals surface area contributed by atoms with Crippen LogP contribution in [0.2, 0.25) is 0 Å². The minimum absolute atomic E-state index is 0.0712. The van der Waals surface area contributed by atoms with Crippen molar-refractivity contribution >= 4 is 39.5 Å². The van der Waals surface area contributed by atoms with Crippen molar-refractivity contribution < 1.29 is 80.2 Å². The Morgan fingerprint density at radius 2 is 0.530 bits per heavy atom. The SMILES string of the molecule is CC/C=C\C/C=C\C/C=C\C/C=C\CCCCCCC(=O)OCC(COP(=O)(O)OCC(O)COP(=O)(O)OCC(COC(=O)CCCCCCCCC/C=C\C/C=C\C/C=C\CC)OC(=O)CCCCCCC/C=C\CCCC)OC(=O)CCCCCCC/C=C\C/C=C\CCCCC. The molecule has 0 aliphatic heterocycles. The Labute approximate surface area is 606 Å². The number of carbonyl (C=O) groups excluding carboxylic acids is 4. The van der Waals surface area contributed by atoms with Crippen LogP contribution in [0.15, 0.2) is 122 Å². The number of carbonyl (C=O) groups is 4. The highest BCUT2D eigenvalue weighted by Crippen LogP contribution is 2.45. The number of phosphoric acid groups is 2. The molecular formula is C81H138O17P2. The third-order valence-corrected chi connectivity index (χ3v) is 17.8. The molecule has 0 spiro atoms. The lowest BCUT2D eigenvalue weighted by atomic mass is 10.1. The maximum Gasteiger partial charge on any atom is 0.472 e. The number of hydrogen-bond donors (Lipinski definition) is 3. The van der Waals surface area contributed by atoms with Crippen LogP contribution in [0.3, 0.4) is 0 Å². The molecule has 5 atom stereocenters. The number of aliphatic hydroxyl groups excluding tert-OH is 1. The van der Waals surface area contributed by atoms with Crippen LogP contribution < -0.4 is 0 Å². The summed E-state index contributed by atoms with van der Waals surface area (Å²) < 4.78 is 68.5. The molecule has 0 heterocycles. The van der Waals surface area contributed by atoms with Crippen LogP contribution in [0.5, 0.6) is 0 Å². The normalized spacial score (nSPS) is 14.6. The Hall–Kier alpha value is -4.54. The van der Waals surface area contributed by atoms with E-state index in [1.165, 1.54) is 32.1 Å². The smallest absolute Gasteiger partial charge is 0.462 e. The average molecular weight is 1450 g/mol. The Bertz CT molecular complexity index is 2370. The summed E-state index contributed by atoms with van der Waals surface area (Å²) in [5.74, 6) is -2.23. The molecule has 0 aromatic rings. The molecule has 0 amide bonds. The first-order valence-corrected chi connectivity index (χ1v) is 41.8. The van der Waals surface area contributed by atoms with Crippen LogP contribution in [-0.2, 0) is 65.4 Å². The summed E-state index contributed by atoms with van der Waals surface area (Å²) in [6, 6.07) is 0. The molecule has 0 saturated carbocycles. The van der Waals surface area contributed by atoms with E-state index in [0.29, 0.717) is 25.7 Å². The van der Waals surface area contributed by atoms with Gasteiger partial charge in [-0.15, -0.1) is 0 Å². The van der Waals surface area contributed by atoms with E-state index >= 15 is 0 Å². The second kappa shape index (κ2) is 72.8. The molecule has 0 bridgehead atoms. The molecule has 19 heteroatoms. The number of unbranched alkanes of at least 4 members (excludes halogenated alkanes) is 26. The maximum absolute atomic E-state index is 13.1. The van der Waals surface area contributed by atoms with Crippen LogP contribution in [0, 0.1) is 0 Å². The standard InChI is InChI=1S/C81H138O17P2/c1-5-9-13-17-21-25-29-32-35-37-40-42-46-49-53-57-61-65-78(83)91-71-76(97-80(85)67-63-59-55-51-45-28-24-20-16-12-8-4)73-95-99(87,88)93-69-75(82)70-94-100(89,90)96-74-77(98-81(86)68-64-60-56-52-48-44-39-34-31-27-23-19-15-11-7-3)72-92-79(84)66-62-58-54-50-47-43-41-38-36-33-30-26-22-18-14-10-6-2/h9-10,13-14,20-27,32-36,39,41,43,75-77,82H,5-8,11-12,15-19,28-31,37-38,40,42,44-74H2,1-4H3,(H,87,88)(H,89,90)/b13-9-,14-10-,24-20-,25-21-,26-22-,27-23-,35-32-,36-33-,39-34-,43-41-. The minimum Gasteiger partial charge on any atom is -0.462 e. The average Bonchev–Trinajstić information content (AvgIpc) is 1.02. The minimum atomic E-state index is -4.99. The fourth-order valence-corrected chi connectivity index (χ4v) is 11.6. The summed E-state index contributed by atoms with van der Waals surface area (Å²) in [7, 11) is -9.97. The zero-order chi connectivity index (χ0) is 73.2. The van der Waals surface area contributed by atoms with Crippen LogP contribution in [-0.4, -0.2) is 96.7 Å². The number of rotatable bonds is 72. The van der Waals surface area contributed by atoms with Gasteiger partial charge in [-0.05, 0) is 148 Å². The number of hydrogen-bond acceptors (Lipinski definition) is 15. The third kappa shape index (κ3) is 71.8. The van der Waals surface area contributed by atoms with Crippen molar-refractivity contribution in [3.8, 4) is 0 Å². The van der Waals surface area contributed by atoms with E-state index in [0.717, 1.165) is 199 Å². The van der Waals surface area contributed by atoms with E-state index in [1.54, 1.807) is 0 Å². The van der Waals surface area contributed by atoms with Gasteiger partial charge in [-0.1, -0.05) is 258 Å². The number of esters is 4. The van der Waals surface area contributed by atoms with Crippen molar-refractivity contribution in [3.63, 3.8) is 0 Å². The molecule has 5 unspecified atom stereocenters. The van der Waals surface area contributed by atoms with Crippen molar-refractivity contribution in [1.82, 2.24) is 0 Å². The van der Waals surface area contributed by atoms with Gasteiger partial charge >= 0.3 is 39.5 Å². The molecule has 0 aromatic carbocycles. The number of aliphatic hydroxyl groups is 1. The largest absolute Gasteiger partial charge is 0.472 e. The second-order valence-electron chi connectivity index (χ2n) is 25.5. The van der Waals surface area contributed by atoms with E-state index in [9.17, 15) is 43.2 Å². The van der Waals surface area contributed by atoms with Crippen LogP contribution in [0.25, 0.3) is 0 Å². The lowest BCUT2D eigenvalue weighted by Gasteiger charge is -2.21. The number of phosphoric ester groups is 2. The van der Waals surface area contributed by atoms with Crippen LogP contribution in [0.1, 0.15) is 310 Å². The quantitative estimate of drug-likeness (QED) is 0.0169. The molecule has 100 heavy (non-hydrogen) atoms. The predicted molar refractivity (Wildman–Crippen MR) is 408 cm³/mol. The van der Waals surface area contributed by atoms with E-state index < -0.39 is 97.5 Å². The zero-order valence-corrected chi connectivity index (χ0v) is 64.4. The first-order valence-electron chi connectivity index (χ1n) is 38.8. The van der Waals surface area contributed by atoms with E-state index in [1.807, 2.05) is 0 Å². The maximum atomic E-state index is 13.1. The van der Waals surface area contributed by atoms with E-state index in [-0.39, 0.29) is 25.7 Å². The van der Waals surface area contributed by atoms with Gasteiger partial charge in [-0.25, -0.2) is 9.13 Å². The Morgan fingerprint density at radius 1 is 0.290 bits per heavy atom. The lowest BCUT2D eigenvalue weighted by Crippen LogP contribution is -2.30. The van der Waals surface area contributed by atoms with Gasteiger partial charge in [0.1, 0.15) is 19.3 Å². The lowest BCUT2D eigenvalue weighted by molar-refractivity contribution is -0.161. The molecule has 574 valence electrons. The van der Waals surface area contributed by atoms with Gasteiger partial charge in [0, 0.05) is 25.7 Å². The summed E-state index contributed by atoms with van der Waals surface area (Å²) in [6.07, 6.45) is 79.0. The van der Waals surface area contributed by atoms with Gasteiger partial charge in [0.25, 0.3) is 0 Å². The fraction of sp³-hybridized carbons (Fsp3) is 0.704. The summed E-state index contributed by atoms with van der Waals surface area (Å²) in [5, 5.41) is 10.6. The van der Waals surface area contributed by atoms with E-state index in [4.69, 9.17) is 37.0 Å². The monoisotopic (exact) mass is 1440 g/mol. The van der Waals surface area contributed by atoms with Crippen molar-refractivity contribution in [2.24, 2.45) is 0 Å². The van der Waals surface area contributed by atoms with Gasteiger partial charge < -0.3 is 33.8 Å². The molecule has 0 aliphatic rings. The highest BCUT2D eigenvalue weighted by molar-refractivity contribution is 7.47. The predicted octanol–water partition coefficient (Wildman–Crippen LogP) is 22.3. The highest BCUT2D eigenvalue weighted by Gasteiger charge is 2.30. The van der Waals surface area contributed by atoms with Crippen LogP contribution >= 0.6 is 15.6 Å². The zero-order valence-electron chi connectivity index (χ0n) is 62.6. The van der Waals surface area contributed by atoms with Gasteiger partial charge in [-0.3, -0.25) is 37.3 Å². The molecule has 0 rings (SSSR count). The van der Waals surface area contributed by atoms with Gasteiger partial charge in [0.2, 0.25) is 0 Å². The summed E-state index contributed by atoms with van der Waals surface area (Å²) in [5.41, 5.74) is 0. The van der Waals surface area contributed by atoms with Crippen molar-refractivity contribution in [2.45, 2.75) is 329 Å². The van der Waals surface area contributed by atoms with Gasteiger partial charge in [-0.2, -0.15) is 0 Å². The summed E-state index contributed by atoms with van der Waals surface area (Å²) in [4.78, 5) is 72.9. The molecular weight excluding hydrogens is 1310 g/mol. The van der Waals surface area contributed by atoms with Crippen molar-refractivity contribution in [2.75, 3.05) is 39.6 Å². The fourth-order valence-electron chi connectivity index (χ4n) is 10.0. The number of allylic oxidation sites excluding steroid dienone is 20. The Kier molecular flexibility index (Phi) is 69.5. The summed E-state index contributed by atoms with van der Waals surface area (Å²) >= 11 is 0. The molecule has 0 saturated heterocycles. The first kappa shape index (κ1) is 95.5. The second-order valence-corrected chi connectivity index (χ2v) is 28.4. The molecule has 0 aromatic heterocycles. The van der Waals surface area contributed by atoms with E-state index in [2.05, 4.69) is 149 Å². The Balaban J connectivity index is 5.36. The van der Waals surface area contributed by atoms with Crippen molar-refractivity contribution in [3.05, 3.63) is 122 Å². The Morgan fingerprint density at radius 3 is 0.840 bits per heavy atom. The number of ether oxygens (including phenoxy) is 4. The first-order chi connectivity index (χ1) is 48.7. The topological polar surface area (TPSA) is 237 Å². The highest BCUT2D eigenvalue weighted by atomic mass is 31.2. The van der Waals surface area contributed by atoms with Crippen molar-refractivity contribution in [1.29, 1.82) is 0 Å². The molecule has 17 nitrogen and oxygen atoms in total. The molecule has 0 fully saturated rings. The molecule has 0 aliphatic carbocycles. The molecule has 0 radical (unpaired) electrons. The summed E-state index contributed by atoms with van der Waals surface area (Å²) in [6.45, 7) is 4.53.